The maximum atomic E-state index is 5.68. The minimum absolute atomic E-state index is 0. The number of aliphatic imine (C=N–C) groups is 1. The molecule has 0 atom stereocenters. The lowest BCUT2D eigenvalue weighted by Gasteiger charge is -2.03. The number of nitrogens with two attached hydrogens (primary N) is 1. The molecule has 17 heavy (non-hydrogen) atoms. The first-order chi connectivity index (χ1) is 7.61. The number of hydrogen-bond donors (Lipinski definition) is 2. The van der Waals surface area contributed by atoms with E-state index in [0.717, 1.165) is 17.7 Å². The van der Waals surface area contributed by atoms with Gasteiger partial charge in [0.25, 0.3) is 0 Å². The summed E-state index contributed by atoms with van der Waals surface area (Å²) in [6, 6.07) is 0. The highest BCUT2D eigenvalue weighted by Gasteiger charge is 1.96. The smallest absolute Gasteiger partial charge is 0.189 e. The Balaban J connectivity index is 0.00000256. The monoisotopic (exact) mass is 349 g/mol. The fourth-order valence-corrected chi connectivity index (χ4v) is 1.13. The van der Waals surface area contributed by atoms with Crippen molar-refractivity contribution in [2.24, 2.45) is 10.7 Å². The number of guanidine groups is 1. The molecule has 0 saturated carbocycles. The first-order valence-electron chi connectivity index (χ1n) is 5.31. The molecule has 3 N–H and O–H groups in total. The van der Waals surface area contributed by atoms with Crippen molar-refractivity contribution in [2.75, 3.05) is 6.54 Å². The van der Waals surface area contributed by atoms with Crippen LogP contribution in [0.1, 0.15) is 19.4 Å². The summed E-state index contributed by atoms with van der Waals surface area (Å²) in [4.78, 5) is 4.20. The van der Waals surface area contributed by atoms with E-state index in [0.29, 0.717) is 19.0 Å². The van der Waals surface area contributed by atoms with Gasteiger partial charge in [0.15, 0.2) is 5.96 Å². The molecule has 1 heterocycles. The largest absolute Gasteiger partial charge is 0.370 e. The molecular formula is C11H20IN5. The molecule has 1 rings (SSSR count). The molecule has 0 aliphatic rings. The second kappa shape index (κ2) is 8.10. The van der Waals surface area contributed by atoms with Gasteiger partial charge in [0.1, 0.15) is 0 Å². The van der Waals surface area contributed by atoms with Crippen LogP contribution in [0.25, 0.3) is 0 Å². The van der Waals surface area contributed by atoms with Gasteiger partial charge in [-0.2, -0.15) is 5.10 Å². The number of nitrogens with one attached hydrogen (secondary N) is 1. The normalized spacial score (nSPS) is 10.8. The summed E-state index contributed by atoms with van der Waals surface area (Å²) < 4.78 is 1.86. The Morgan fingerprint density at radius 3 is 2.88 bits per heavy atom. The van der Waals surface area contributed by atoms with E-state index < -0.39 is 0 Å². The van der Waals surface area contributed by atoms with Crippen LogP contribution in [0.15, 0.2) is 29.5 Å². The van der Waals surface area contributed by atoms with Crippen LogP contribution in [0.3, 0.4) is 0 Å². The molecule has 1 aromatic rings. The number of nitrogens with zero attached hydrogens (tertiary/aromatic N) is 3. The van der Waals surface area contributed by atoms with Gasteiger partial charge in [0.2, 0.25) is 0 Å². The number of aryl methyl sites for hydroxylation is 1. The van der Waals surface area contributed by atoms with Crippen LogP contribution < -0.4 is 11.1 Å². The molecule has 0 unspecified atom stereocenters. The van der Waals surface area contributed by atoms with Gasteiger partial charge >= 0.3 is 0 Å². The van der Waals surface area contributed by atoms with Crippen LogP contribution >= 0.6 is 24.0 Å². The number of hydrogen-bond acceptors (Lipinski definition) is 2. The zero-order chi connectivity index (χ0) is 12.0. The molecule has 6 heteroatoms. The Morgan fingerprint density at radius 1 is 1.65 bits per heavy atom. The molecule has 96 valence electrons. The van der Waals surface area contributed by atoms with Gasteiger partial charge in [0.05, 0.1) is 12.7 Å². The third-order valence-corrected chi connectivity index (χ3v) is 2.01. The Bertz CT molecular complexity index is 383. The molecule has 0 radical (unpaired) electrons. The van der Waals surface area contributed by atoms with E-state index in [-0.39, 0.29) is 24.0 Å². The van der Waals surface area contributed by atoms with Gasteiger partial charge in [-0.3, -0.25) is 4.68 Å². The maximum Gasteiger partial charge on any atom is 0.189 e. The van der Waals surface area contributed by atoms with Crippen LogP contribution in [-0.4, -0.2) is 22.3 Å². The Hall–Kier alpha value is -1.05. The summed E-state index contributed by atoms with van der Waals surface area (Å²) in [5.41, 5.74) is 7.76. The standard InChI is InChI=1S/C11H19N5.HI/c1-4-16-8-10(7-15-16)6-14-11(12)13-5-9(2)3;/h7-8H,2,4-6H2,1,3H3,(H3,12,13,14);1H. The zero-order valence-electron chi connectivity index (χ0n) is 10.3. The van der Waals surface area contributed by atoms with E-state index >= 15 is 0 Å². The summed E-state index contributed by atoms with van der Waals surface area (Å²) in [6.45, 7) is 9.83. The van der Waals surface area contributed by atoms with Gasteiger partial charge in [-0.25, -0.2) is 4.99 Å². The molecular weight excluding hydrogens is 329 g/mol. The van der Waals surface area contributed by atoms with Crippen LogP contribution in [0.5, 0.6) is 0 Å². The highest BCUT2D eigenvalue weighted by atomic mass is 127. The molecule has 0 amide bonds. The zero-order valence-corrected chi connectivity index (χ0v) is 12.6. The second-order valence-electron chi connectivity index (χ2n) is 3.72. The van der Waals surface area contributed by atoms with Crippen molar-refractivity contribution in [1.29, 1.82) is 0 Å². The first kappa shape index (κ1) is 16.0. The summed E-state index contributed by atoms with van der Waals surface area (Å²) >= 11 is 0. The van der Waals surface area contributed by atoms with Gasteiger partial charge in [0, 0.05) is 24.8 Å². The van der Waals surface area contributed by atoms with E-state index in [4.69, 9.17) is 5.73 Å². The van der Waals surface area contributed by atoms with Gasteiger partial charge < -0.3 is 11.1 Å². The highest BCUT2D eigenvalue weighted by molar-refractivity contribution is 14.0. The number of aromatic nitrogens is 2. The van der Waals surface area contributed by atoms with Gasteiger partial charge in [-0.05, 0) is 13.8 Å². The fourth-order valence-electron chi connectivity index (χ4n) is 1.13. The third-order valence-electron chi connectivity index (χ3n) is 2.01. The molecule has 0 spiro atoms. The molecule has 0 saturated heterocycles. The van der Waals surface area contributed by atoms with Gasteiger partial charge in [-0.1, -0.05) is 12.2 Å². The van der Waals surface area contributed by atoms with E-state index in [1.54, 1.807) is 6.20 Å². The molecule has 0 bridgehead atoms. The van der Waals surface area contributed by atoms with Crippen molar-refractivity contribution in [3.8, 4) is 0 Å². The SMILES string of the molecule is C=C(C)CNC(N)=NCc1cnn(CC)c1.I. The summed E-state index contributed by atoms with van der Waals surface area (Å²) in [7, 11) is 0. The molecule has 0 aromatic carbocycles. The molecule has 0 fully saturated rings. The van der Waals surface area contributed by atoms with Crippen molar-refractivity contribution in [1.82, 2.24) is 15.1 Å². The van der Waals surface area contributed by atoms with Crippen LogP contribution in [-0.2, 0) is 13.1 Å². The van der Waals surface area contributed by atoms with Crippen molar-refractivity contribution in [2.45, 2.75) is 26.9 Å². The summed E-state index contributed by atoms with van der Waals surface area (Å²) in [5.74, 6) is 0.437. The number of rotatable bonds is 5. The lowest BCUT2D eigenvalue weighted by molar-refractivity contribution is 0.659. The minimum atomic E-state index is 0. The Kier molecular flexibility index (Phi) is 7.60. The lowest BCUT2D eigenvalue weighted by atomic mass is 10.3. The van der Waals surface area contributed by atoms with Crippen molar-refractivity contribution in [3.05, 3.63) is 30.1 Å². The molecule has 0 aliphatic carbocycles. The van der Waals surface area contributed by atoms with E-state index in [9.17, 15) is 0 Å². The Morgan fingerprint density at radius 2 is 2.35 bits per heavy atom. The van der Waals surface area contributed by atoms with Gasteiger partial charge in [-0.15, -0.1) is 24.0 Å². The third kappa shape index (κ3) is 6.30. The molecule has 0 aliphatic heterocycles. The minimum Gasteiger partial charge on any atom is -0.370 e. The first-order valence-corrected chi connectivity index (χ1v) is 5.31. The van der Waals surface area contributed by atoms with Crippen LogP contribution in [0.4, 0.5) is 0 Å². The predicted molar refractivity (Wildman–Crippen MR) is 81.5 cm³/mol. The predicted octanol–water partition coefficient (Wildman–Crippen LogP) is 1.50. The topological polar surface area (TPSA) is 68.2 Å². The van der Waals surface area contributed by atoms with Crippen LogP contribution in [0.2, 0.25) is 0 Å². The quantitative estimate of drug-likeness (QED) is 0.366. The number of halogens is 1. The second-order valence-corrected chi connectivity index (χ2v) is 3.72. The summed E-state index contributed by atoms with van der Waals surface area (Å²) in [5, 5.41) is 7.13. The highest BCUT2D eigenvalue weighted by Crippen LogP contribution is 1.99. The van der Waals surface area contributed by atoms with Crippen LogP contribution in [0, 0.1) is 0 Å². The van der Waals surface area contributed by atoms with E-state index in [1.807, 2.05) is 24.7 Å². The maximum absolute atomic E-state index is 5.68. The lowest BCUT2D eigenvalue weighted by Crippen LogP contribution is -2.32. The van der Waals surface area contributed by atoms with E-state index in [1.165, 1.54) is 0 Å². The van der Waals surface area contributed by atoms with Crippen molar-refractivity contribution >= 4 is 29.9 Å². The average Bonchev–Trinajstić information content (AvgIpc) is 2.71. The molecule has 5 nitrogen and oxygen atoms in total. The van der Waals surface area contributed by atoms with Crippen molar-refractivity contribution < 1.29 is 0 Å². The summed E-state index contributed by atoms with van der Waals surface area (Å²) in [6.07, 6.45) is 3.77. The fraction of sp³-hybridized carbons (Fsp3) is 0.455. The average molecular weight is 349 g/mol. The molecule has 1 aromatic heterocycles. The van der Waals surface area contributed by atoms with E-state index in [2.05, 4.69) is 22.0 Å². The van der Waals surface area contributed by atoms with Crippen molar-refractivity contribution in [3.63, 3.8) is 0 Å². The Labute approximate surface area is 119 Å².